The molecule has 2 N–H and O–H groups in total. The van der Waals surface area contributed by atoms with Crippen LogP contribution in [0.5, 0.6) is 0 Å². The van der Waals surface area contributed by atoms with E-state index in [0.29, 0.717) is 6.04 Å². The largest absolute Gasteiger partial charge is 0.385 e. The Balaban J connectivity index is 1.59. The van der Waals surface area contributed by atoms with Crippen LogP contribution < -0.4 is 10.6 Å². The van der Waals surface area contributed by atoms with Gasteiger partial charge in [0, 0.05) is 24.3 Å². The zero-order chi connectivity index (χ0) is 13.1. The van der Waals surface area contributed by atoms with Crippen LogP contribution in [0.1, 0.15) is 50.2 Å². The Morgan fingerprint density at radius 1 is 1.26 bits per heavy atom. The second-order valence-corrected chi connectivity index (χ2v) is 6.28. The lowest BCUT2D eigenvalue weighted by atomic mass is 9.98. The van der Waals surface area contributed by atoms with Crippen molar-refractivity contribution in [1.29, 1.82) is 0 Å². The minimum absolute atomic E-state index is 0.595. The molecule has 1 aromatic carbocycles. The van der Waals surface area contributed by atoms with Crippen LogP contribution in [0.2, 0.25) is 0 Å². The molecule has 0 radical (unpaired) electrons. The lowest BCUT2D eigenvalue weighted by Gasteiger charge is -2.22. The number of nitrogens with one attached hydrogen (secondary N) is 2. The molecule has 1 atom stereocenters. The zero-order valence-corrected chi connectivity index (χ0v) is 12.0. The summed E-state index contributed by atoms with van der Waals surface area (Å²) in [6.45, 7) is 3.46. The van der Waals surface area contributed by atoms with Gasteiger partial charge in [-0.1, -0.05) is 25.0 Å². The maximum Gasteiger partial charge on any atom is 0.0372 e. The Morgan fingerprint density at radius 3 is 2.95 bits per heavy atom. The van der Waals surface area contributed by atoms with E-state index in [1.165, 1.54) is 55.3 Å². The summed E-state index contributed by atoms with van der Waals surface area (Å²) in [5, 5.41) is 7.28. The fourth-order valence-electron chi connectivity index (χ4n) is 3.56. The molecule has 1 saturated carbocycles. The summed E-state index contributed by atoms with van der Waals surface area (Å²) < 4.78 is 0. The first kappa shape index (κ1) is 13.0. The van der Waals surface area contributed by atoms with Crippen LogP contribution in [0.15, 0.2) is 18.2 Å². The van der Waals surface area contributed by atoms with Gasteiger partial charge in [0.05, 0.1) is 0 Å². The number of fused-ring (bicyclic) bond motifs is 1. The maximum absolute atomic E-state index is 3.79. The lowest BCUT2D eigenvalue weighted by Crippen LogP contribution is -2.35. The molecule has 0 bridgehead atoms. The van der Waals surface area contributed by atoms with Gasteiger partial charge in [-0.15, -0.1) is 0 Å². The van der Waals surface area contributed by atoms with Crippen molar-refractivity contribution in [3.8, 4) is 0 Å². The van der Waals surface area contributed by atoms with Crippen molar-refractivity contribution >= 4 is 5.69 Å². The standard InChI is InChI=1S/C17H26N2/c1-13(19-16-6-2-3-7-16)11-14-8-9-17-15(12-14)5-4-10-18-17/h8-9,12-13,16,18-19H,2-7,10-11H2,1H3. The van der Waals surface area contributed by atoms with Crippen molar-refractivity contribution in [2.24, 2.45) is 0 Å². The molecule has 1 aromatic rings. The highest BCUT2D eigenvalue weighted by molar-refractivity contribution is 5.54. The fourth-order valence-corrected chi connectivity index (χ4v) is 3.56. The van der Waals surface area contributed by atoms with E-state index in [9.17, 15) is 0 Å². The molecular weight excluding hydrogens is 232 g/mol. The first-order valence-electron chi connectivity index (χ1n) is 7.93. The second-order valence-electron chi connectivity index (χ2n) is 6.28. The molecule has 104 valence electrons. The van der Waals surface area contributed by atoms with Gasteiger partial charge in [-0.05, 0) is 56.2 Å². The first-order valence-corrected chi connectivity index (χ1v) is 7.93. The van der Waals surface area contributed by atoms with Crippen LogP contribution in [0, 0.1) is 0 Å². The van der Waals surface area contributed by atoms with Crippen molar-refractivity contribution in [2.75, 3.05) is 11.9 Å². The summed E-state index contributed by atoms with van der Waals surface area (Å²) in [5.74, 6) is 0. The number of hydrogen-bond donors (Lipinski definition) is 2. The summed E-state index contributed by atoms with van der Waals surface area (Å²) in [7, 11) is 0. The molecule has 1 heterocycles. The van der Waals surface area contributed by atoms with Crippen LogP contribution in [-0.4, -0.2) is 18.6 Å². The van der Waals surface area contributed by atoms with Gasteiger partial charge >= 0.3 is 0 Å². The maximum atomic E-state index is 3.79. The van der Waals surface area contributed by atoms with Crippen molar-refractivity contribution < 1.29 is 0 Å². The molecule has 1 unspecified atom stereocenters. The first-order chi connectivity index (χ1) is 9.31. The average molecular weight is 258 g/mol. The van der Waals surface area contributed by atoms with Crippen LogP contribution in [0.4, 0.5) is 5.69 Å². The molecule has 0 aromatic heterocycles. The molecule has 2 heteroatoms. The molecule has 1 aliphatic heterocycles. The fraction of sp³-hybridized carbons (Fsp3) is 0.647. The Morgan fingerprint density at radius 2 is 2.11 bits per heavy atom. The summed E-state index contributed by atoms with van der Waals surface area (Å²) in [6.07, 6.45) is 9.23. The summed E-state index contributed by atoms with van der Waals surface area (Å²) >= 11 is 0. The normalized spacial score (nSPS) is 20.9. The van der Waals surface area contributed by atoms with E-state index in [-0.39, 0.29) is 0 Å². The molecule has 1 aliphatic carbocycles. The molecule has 1 fully saturated rings. The van der Waals surface area contributed by atoms with E-state index in [4.69, 9.17) is 0 Å². The summed E-state index contributed by atoms with van der Waals surface area (Å²) in [5.41, 5.74) is 4.35. The van der Waals surface area contributed by atoms with Crippen LogP contribution in [0.25, 0.3) is 0 Å². The van der Waals surface area contributed by atoms with Gasteiger partial charge in [0.15, 0.2) is 0 Å². The molecule has 2 nitrogen and oxygen atoms in total. The van der Waals surface area contributed by atoms with Crippen molar-refractivity contribution in [2.45, 2.75) is 64.0 Å². The van der Waals surface area contributed by atoms with Gasteiger partial charge in [0.25, 0.3) is 0 Å². The third-order valence-electron chi connectivity index (χ3n) is 4.53. The quantitative estimate of drug-likeness (QED) is 0.863. The smallest absolute Gasteiger partial charge is 0.0372 e. The van der Waals surface area contributed by atoms with E-state index >= 15 is 0 Å². The van der Waals surface area contributed by atoms with E-state index in [1.54, 1.807) is 0 Å². The highest BCUT2D eigenvalue weighted by Crippen LogP contribution is 2.24. The minimum Gasteiger partial charge on any atom is -0.385 e. The number of hydrogen-bond acceptors (Lipinski definition) is 2. The van der Waals surface area contributed by atoms with Gasteiger partial charge in [0.1, 0.15) is 0 Å². The minimum atomic E-state index is 0.595. The molecule has 0 amide bonds. The third-order valence-corrected chi connectivity index (χ3v) is 4.53. The predicted octanol–water partition coefficient (Wildman–Crippen LogP) is 3.51. The Labute approximate surface area is 117 Å². The Kier molecular flexibility index (Phi) is 4.07. The average Bonchev–Trinajstić information content (AvgIpc) is 2.91. The van der Waals surface area contributed by atoms with Crippen molar-refractivity contribution in [3.05, 3.63) is 29.3 Å². The number of rotatable bonds is 4. The van der Waals surface area contributed by atoms with Crippen LogP contribution in [-0.2, 0) is 12.8 Å². The van der Waals surface area contributed by atoms with Crippen molar-refractivity contribution in [3.63, 3.8) is 0 Å². The van der Waals surface area contributed by atoms with Gasteiger partial charge in [0.2, 0.25) is 0 Å². The summed E-state index contributed by atoms with van der Waals surface area (Å²) in [6, 6.07) is 8.34. The van der Waals surface area contributed by atoms with Gasteiger partial charge in [-0.3, -0.25) is 0 Å². The van der Waals surface area contributed by atoms with Crippen molar-refractivity contribution in [1.82, 2.24) is 5.32 Å². The Bertz CT molecular complexity index is 421. The van der Waals surface area contributed by atoms with E-state index < -0.39 is 0 Å². The number of aryl methyl sites for hydroxylation is 1. The van der Waals surface area contributed by atoms with Crippen LogP contribution in [0.3, 0.4) is 0 Å². The van der Waals surface area contributed by atoms with Gasteiger partial charge in [-0.2, -0.15) is 0 Å². The van der Waals surface area contributed by atoms with E-state index in [1.807, 2.05) is 0 Å². The Hall–Kier alpha value is -1.02. The molecule has 3 rings (SSSR count). The molecule has 0 saturated heterocycles. The second kappa shape index (κ2) is 5.96. The molecule has 19 heavy (non-hydrogen) atoms. The highest BCUT2D eigenvalue weighted by Gasteiger charge is 2.17. The highest BCUT2D eigenvalue weighted by atomic mass is 14.9. The SMILES string of the molecule is CC(Cc1ccc2c(c1)CCCN2)NC1CCCC1. The van der Waals surface area contributed by atoms with Gasteiger partial charge < -0.3 is 10.6 Å². The monoisotopic (exact) mass is 258 g/mol. The zero-order valence-electron chi connectivity index (χ0n) is 12.0. The van der Waals surface area contributed by atoms with Crippen LogP contribution >= 0.6 is 0 Å². The lowest BCUT2D eigenvalue weighted by molar-refractivity contribution is 0.448. The predicted molar refractivity (Wildman–Crippen MR) is 81.8 cm³/mol. The van der Waals surface area contributed by atoms with Gasteiger partial charge in [-0.25, -0.2) is 0 Å². The molecule has 2 aliphatic rings. The van der Waals surface area contributed by atoms with E-state index in [0.717, 1.165) is 19.0 Å². The van der Waals surface area contributed by atoms with E-state index in [2.05, 4.69) is 35.8 Å². The third kappa shape index (κ3) is 3.30. The number of benzene rings is 1. The topological polar surface area (TPSA) is 24.1 Å². The number of anilines is 1. The molecular formula is C17H26N2. The molecule has 0 spiro atoms. The summed E-state index contributed by atoms with van der Waals surface area (Å²) in [4.78, 5) is 0.